The lowest BCUT2D eigenvalue weighted by atomic mass is 10.2. The van der Waals surface area contributed by atoms with Crippen LogP contribution in [0, 0.1) is 0 Å². The smallest absolute Gasteiger partial charge is 0.186 e. The van der Waals surface area contributed by atoms with Crippen LogP contribution in [0.15, 0.2) is 39.5 Å². The number of anilines is 1. The van der Waals surface area contributed by atoms with E-state index in [0.29, 0.717) is 0 Å². The molecule has 0 unspecified atom stereocenters. The molecule has 0 spiro atoms. The Kier molecular flexibility index (Phi) is 4.17. The molecule has 1 aromatic carbocycles. The lowest BCUT2D eigenvalue weighted by Crippen LogP contribution is -2.45. The molecule has 22 heavy (non-hydrogen) atoms. The number of fused-ring (bicyclic) bond motifs is 1. The molecule has 0 aliphatic carbocycles. The third kappa shape index (κ3) is 3.06. The summed E-state index contributed by atoms with van der Waals surface area (Å²) in [5.41, 5.74) is 2.53. The first-order valence-corrected chi connectivity index (χ1v) is 9.83. The van der Waals surface area contributed by atoms with E-state index < -0.39 is 0 Å². The van der Waals surface area contributed by atoms with Crippen molar-refractivity contribution >= 4 is 54.0 Å². The molecule has 3 nitrogen and oxygen atoms in total. The maximum absolute atomic E-state index is 4.77. The maximum Gasteiger partial charge on any atom is 0.186 e. The number of benzene rings is 1. The van der Waals surface area contributed by atoms with E-state index in [4.69, 9.17) is 4.98 Å². The molecule has 1 aliphatic rings. The Labute approximate surface area is 146 Å². The summed E-state index contributed by atoms with van der Waals surface area (Å²) in [4.78, 5) is 9.72. The molecule has 0 atom stereocenters. The second-order valence-corrected chi connectivity index (χ2v) is 8.79. The van der Waals surface area contributed by atoms with Gasteiger partial charge < -0.3 is 4.90 Å². The van der Waals surface area contributed by atoms with Crippen LogP contribution in [0.25, 0.3) is 10.2 Å². The van der Waals surface area contributed by atoms with Gasteiger partial charge in [-0.25, -0.2) is 4.98 Å². The van der Waals surface area contributed by atoms with Crippen molar-refractivity contribution < 1.29 is 0 Å². The molecule has 6 heteroatoms. The topological polar surface area (TPSA) is 19.4 Å². The average Bonchev–Trinajstić information content (AvgIpc) is 3.14. The van der Waals surface area contributed by atoms with Crippen LogP contribution in [0.1, 0.15) is 5.56 Å². The minimum atomic E-state index is 1.05. The second kappa shape index (κ2) is 6.28. The summed E-state index contributed by atoms with van der Waals surface area (Å²) in [5.74, 6) is 0. The normalized spacial score (nSPS) is 16.5. The highest BCUT2D eigenvalue weighted by molar-refractivity contribution is 9.11. The van der Waals surface area contributed by atoms with Crippen molar-refractivity contribution in [1.82, 2.24) is 9.88 Å². The van der Waals surface area contributed by atoms with Crippen LogP contribution in [0.5, 0.6) is 0 Å². The van der Waals surface area contributed by atoms with Gasteiger partial charge in [0.15, 0.2) is 5.13 Å². The number of para-hydroxylation sites is 1. The summed E-state index contributed by atoms with van der Waals surface area (Å²) in [6.07, 6.45) is 0. The molecular formula is C16H16BrN3S2. The van der Waals surface area contributed by atoms with Gasteiger partial charge in [0.25, 0.3) is 0 Å². The Hall–Kier alpha value is -0.950. The van der Waals surface area contributed by atoms with E-state index in [1.54, 1.807) is 22.7 Å². The highest BCUT2D eigenvalue weighted by Crippen LogP contribution is 2.29. The minimum absolute atomic E-state index is 1.05. The zero-order valence-electron chi connectivity index (χ0n) is 12.0. The van der Waals surface area contributed by atoms with Crippen molar-refractivity contribution in [3.05, 3.63) is 45.1 Å². The Balaban J connectivity index is 1.40. The molecule has 1 saturated heterocycles. The average molecular weight is 394 g/mol. The third-order valence-corrected chi connectivity index (χ3v) is 6.60. The minimum Gasteiger partial charge on any atom is -0.345 e. The van der Waals surface area contributed by atoms with Crippen LogP contribution in [-0.4, -0.2) is 36.1 Å². The number of thiophene rings is 1. The monoisotopic (exact) mass is 393 g/mol. The van der Waals surface area contributed by atoms with Crippen molar-refractivity contribution in [1.29, 1.82) is 0 Å². The van der Waals surface area contributed by atoms with Gasteiger partial charge in [-0.15, -0.1) is 11.3 Å². The maximum atomic E-state index is 4.77. The Morgan fingerprint density at radius 2 is 1.95 bits per heavy atom. The van der Waals surface area contributed by atoms with Gasteiger partial charge in [-0.1, -0.05) is 23.5 Å². The Morgan fingerprint density at radius 3 is 2.68 bits per heavy atom. The van der Waals surface area contributed by atoms with Crippen LogP contribution in [0.2, 0.25) is 0 Å². The van der Waals surface area contributed by atoms with Gasteiger partial charge in [-0.2, -0.15) is 0 Å². The SMILES string of the molecule is Brc1cc(CN2CCN(c3nc4ccccc4s3)CC2)cs1. The summed E-state index contributed by atoms with van der Waals surface area (Å²) in [7, 11) is 0. The van der Waals surface area contributed by atoms with Crippen molar-refractivity contribution in [2.75, 3.05) is 31.1 Å². The summed E-state index contributed by atoms with van der Waals surface area (Å²) < 4.78 is 2.50. The molecule has 2 aromatic heterocycles. The zero-order chi connectivity index (χ0) is 14.9. The molecule has 0 radical (unpaired) electrons. The highest BCUT2D eigenvalue weighted by Gasteiger charge is 2.20. The largest absolute Gasteiger partial charge is 0.345 e. The van der Waals surface area contributed by atoms with Gasteiger partial charge in [0.05, 0.1) is 14.0 Å². The standard InChI is InChI=1S/C16H16BrN3S2/c17-15-9-12(11-21-15)10-19-5-7-20(8-6-19)16-18-13-3-1-2-4-14(13)22-16/h1-4,9,11H,5-8,10H2. The van der Waals surface area contributed by atoms with E-state index in [2.05, 4.69) is 61.4 Å². The number of aromatic nitrogens is 1. The third-order valence-electron chi connectivity index (χ3n) is 3.95. The van der Waals surface area contributed by atoms with E-state index in [1.165, 1.54) is 19.2 Å². The van der Waals surface area contributed by atoms with Gasteiger partial charge >= 0.3 is 0 Å². The van der Waals surface area contributed by atoms with Gasteiger partial charge in [0.1, 0.15) is 0 Å². The molecule has 1 fully saturated rings. The number of rotatable bonds is 3. The molecule has 0 N–H and O–H groups in total. The molecule has 0 saturated carbocycles. The van der Waals surface area contributed by atoms with Crippen molar-refractivity contribution in [3.8, 4) is 0 Å². The number of thiazole rings is 1. The van der Waals surface area contributed by atoms with E-state index in [1.807, 2.05) is 0 Å². The Morgan fingerprint density at radius 1 is 1.14 bits per heavy atom. The molecular weight excluding hydrogens is 378 g/mol. The molecule has 1 aliphatic heterocycles. The van der Waals surface area contributed by atoms with Crippen LogP contribution in [-0.2, 0) is 6.54 Å². The fraction of sp³-hybridized carbons (Fsp3) is 0.312. The molecule has 0 bridgehead atoms. The quantitative estimate of drug-likeness (QED) is 0.655. The predicted octanol–water partition coefficient (Wildman–Crippen LogP) is 4.44. The van der Waals surface area contributed by atoms with E-state index in [0.717, 1.165) is 38.2 Å². The van der Waals surface area contributed by atoms with Crippen molar-refractivity contribution in [3.63, 3.8) is 0 Å². The molecule has 0 amide bonds. The first kappa shape index (κ1) is 14.6. The number of hydrogen-bond donors (Lipinski definition) is 0. The Bertz CT molecular complexity index is 741. The first-order chi connectivity index (χ1) is 10.8. The number of halogens is 1. The lowest BCUT2D eigenvalue weighted by Gasteiger charge is -2.34. The van der Waals surface area contributed by atoms with E-state index >= 15 is 0 Å². The molecule has 3 heterocycles. The molecule has 4 rings (SSSR count). The van der Waals surface area contributed by atoms with Gasteiger partial charge in [0.2, 0.25) is 0 Å². The van der Waals surface area contributed by atoms with Crippen LogP contribution < -0.4 is 4.90 Å². The summed E-state index contributed by atoms with van der Waals surface area (Å²) >= 11 is 7.11. The van der Waals surface area contributed by atoms with E-state index in [-0.39, 0.29) is 0 Å². The molecule has 3 aromatic rings. The van der Waals surface area contributed by atoms with Crippen LogP contribution in [0.3, 0.4) is 0 Å². The number of nitrogens with zero attached hydrogens (tertiary/aromatic N) is 3. The summed E-state index contributed by atoms with van der Waals surface area (Å²) in [5, 5.41) is 3.41. The fourth-order valence-electron chi connectivity index (χ4n) is 2.78. The first-order valence-electron chi connectivity index (χ1n) is 7.34. The van der Waals surface area contributed by atoms with Crippen LogP contribution >= 0.6 is 38.6 Å². The van der Waals surface area contributed by atoms with Crippen LogP contribution in [0.4, 0.5) is 5.13 Å². The van der Waals surface area contributed by atoms with E-state index in [9.17, 15) is 0 Å². The fourth-order valence-corrected chi connectivity index (χ4v) is 5.00. The highest BCUT2D eigenvalue weighted by atomic mass is 79.9. The van der Waals surface area contributed by atoms with Crippen molar-refractivity contribution in [2.45, 2.75) is 6.54 Å². The predicted molar refractivity (Wildman–Crippen MR) is 99.1 cm³/mol. The lowest BCUT2D eigenvalue weighted by molar-refractivity contribution is 0.250. The summed E-state index contributed by atoms with van der Waals surface area (Å²) in [6.45, 7) is 5.37. The van der Waals surface area contributed by atoms with Crippen molar-refractivity contribution in [2.24, 2.45) is 0 Å². The zero-order valence-corrected chi connectivity index (χ0v) is 15.3. The van der Waals surface area contributed by atoms with Gasteiger partial charge in [-0.05, 0) is 45.1 Å². The molecule has 114 valence electrons. The second-order valence-electron chi connectivity index (χ2n) is 5.49. The van der Waals surface area contributed by atoms with Gasteiger partial charge in [0, 0.05) is 32.7 Å². The number of piperazine rings is 1. The number of hydrogen-bond acceptors (Lipinski definition) is 5. The summed E-state index contributed by atoms with van der Waals surface area (Å²) in [6, 6.07) is 10.6. The van der Waals surface area contributed by atoms with Gasteiger partial charge in [-0.3, -0.25) is 4.90 Å².